The number of benzene rings is 3. The molecule has 0 aromatic heterocycles. The van der Waals surface area contributed by atoms with Crippen molar-refractivity contribution in [2.45, 2.75) is 26.1 Å². The first-order chi connectivity index (χ1) is 16.9. The highest BCUT2D eigenvalue weighted by molar-refractivity contribution is 5.91. The van der Waals surface area contributed by atoms with E-state index in [0.717, 1.165) is 24.3 Å². The van der Waals surface area contributed by atoms with E-state index in [0.29, 0.717) is 11.3 Å². The molecular weight excluding hydrogens is 485 g/mol. The molecule has 5 nitrogen and oxygen atoms in total. The Hall–Kier alpha value is -3.66. The van der Waals surface area contributed by atoms with Crippen LogP contribution in [0.4, 0.5) is 22.0 Å². The molecule has 0 saturated carbocycles. The van der Waals surface area contributed by atoms with Crippen LogP contribution >= 0.6 is 0 Å². The molecule has 3 aromatic carbocycles. The number of halogens is 5. The molecule has 0 heterocycles. The van der Waals surface area contributed by atoms with Crippen LogP contribution in [-0.4, -0.2) is 31.3 Å². The molecule has 0 aliphatic heterocycles. The zero-order valence-electron chi connectivity index (χ0n) is 19.7. The highest BCUT2D eigenvalue weighted by atomic mass is 19.4. The average Bonchev–Trinajstić information content (AvgIpc) is 2.81. The van der Waals surface area contributed by atoms with Crippen molar-refractivity contribution in [2.75, 3.05) is 20.3 Å². The lowest BCUT2D eigenvalue weighted by Gasteiger charge is -2.17. The van der Waals surface area contributed by atoms with Gasteiger partial charge in [0.05, 0.1) is 18.2 Å². The number of methoxy groups -OCH3 is 1. The van der Waals surface area contributed by atoms with Crippen molar-refractivity contribution >= 4 is 5.97 Å². The summed E-state index contributed by atoms with van der Waals surface area (Å²) < 4.78 is 79.1. The summed E-state index contributed by atoms with van der Waals surface area (Å²) in [5.41, 5.74) is -0.958. The molecule has 2 N–H and O–H groups in total. The van der Waals surface area contributed by atoms with Crippen LogP contribution in [0.2, 0.25) is 0 Å². The minimum atomic E-state index is -4.71. The van der Waals surface area contributed by atoms with Crippen LogP contribution in [0.3, 0.4) is 0 Å². The van der Waals surface area contributed by atoms with Gasteiger partial charge in [-0.3, -0.25) is 0 Å². The van der Waals surface area contributed by atoms with E-state index in [1.165, 1.54) is 32.2 Å². The SMILES string of the molecule is COc1cc(F)cc(C(C)NCCOc2cc(-c3cc(F)c(C)c(C(=O)O)c3)cc(C(F)(F)F)c2)c1. The third-order valence-corrected chi connectivity index (χ3v) is 5.59. The van der Waals surface area contributed by atoms with Gasteiger partial charge in [-0.05, 0) is 78.6 Å². The van der Waals surface area contributed by atoms with Crippen LogP contribution in [0.25, 0.3) is 11.1 Å². The van der Waals surface area contributed by atoms with Gasteiger partial charge in [-0.15, -0.1) is 0 Å². The number of hydrogen-bond acceptors (Lipinski definition) is 4. The summed E-state index contributed by atoms with van der Waals surface area (Å²) in [6, 6.07) is 8.94. The number of aromatic carboxylic acids is 1. The average molecular weight is 509 g/mol. The number of alkyl halides is 3. The van der Waals surface area contributed by atoms with Crippen molar-refractivity contribution in [3.63, 3.8) is 0 Å². The zero-order valence-corrected chi connectivity index (χ0v) is 19.7. The minimum Gasteiger partial charge on any atom is -0.497 e. The summed E-state index contributed by atoms with van der Waals surface area (Å²) in [5, 5.41) is 12.4. The number of carboxylic acid groups (broad SMARTS) is 1. The van der Waals surface area contributed by atoms with Crippen molar-refractivity contribution in [2.24, 2.45) is 0 Å². The molecule has 3 rings (SSSR count). The largest absolute Gasteiger partial charge is 0.497 e. The summed E-state index contributed by atoms with van der Waals surface area (Å²) in [5.74, 6) is -2.49. The van der Waals surface area contributed by atoms with Gasteiger partial charge in [0.25, 0.3) is 0 Å². The zero-order chi connectivity index (χ0) is 26.6. The van der Waals surface area contributed by atoms with Gasteiger partial charge in [0.2, 0.25) is 0 Å². The van der Waals surface area contributed by atoms with Crippen LogP contribution in [0.1, 0.15) is 40.0 Å². The number of carboxylic acids is 1. The Morgan fingerprint density at radius 1 is 1.00 bits per heavy atom. The molecule has 0 radical (unpaired) electrons. The van der Waals surface area contributed by atoms with Crippen molar-refractivity contribution in [1.82, 2.24) is 5.32 Å². The van der Waals surface area contributed by atoms with Crippen LogP contribution in [0.15, 0.2) is 48.5 Å². The molecule has 36 heavy (non-hydrogen) atoms. The fraction of sp³-hybridized carbons (Fsp3) is 0.269. The molecule has 0 saturated heterocycles. The fourth-order valence-electron chi connectivity index (χ4n) is 3.59. The normalized spacial score (nSPS) is 12.3. The van der Waals surface area contributed by atoms with E-state index in [9.17, 15) is 31.9 Å². The lowest BCUT2D eigenvalue weighted by atomic mass is 9.97. The molecule has 0 bridgehead atoms. The Morgan fingerprint density at radius 2 is 1.69 bits per heavy atom. The third-order valence-electron chi connectivity index (χ3n) is 5.59. The van der Waals surface area contributed by atoms with Crippen molar-refractivity contribution in [1.29, 1.82) is 0 Å². The second-order valence-electron chi connectivity index (χ2n) is 8.13. The van der Waals surface area contributed by atoms with Crippen molar-refractivity contribution < 1.29 is 41.3 Å². The predicted molar refractivity (Wildman–Crippen MR) is 123 cm³/mol. The van der Waals surface area contributed by atoms with E-state index in [1.54, 1.807) is 13.0 Å². The first-order valence-electron chi connectivity index (χ1n) is 10.9. The monoisotopic (exact) mass is 509 g/mol. The van der Waals surface area contributed by atoms with Gasteiger partial charge >= 0.3 is 12.1 Å². The first-order valence-corrected chi connectivity index (χ1v) is 10.9. The fourth-order valence-corrected chi connectivity index (χ4v) is 3.59. The number of rotatable bonds is 9. The maximum atomic E-state index is 14.3. The van der Waals surface area contributed by atoms with Crippen molar-refractivity contribution in [3.05, 3.63) is 82.4 Å². The quantitative estimate of drug-likeness (QED) is 0.258. The van der Waals surface area contributed by atoms with Gasteiger partial charge in [-0.2, -0.15) is 13.2 Å². The Morgan fingerprint density at radius 3 is 2.33 bits per heavy atom. The molecule has 0 aliphatic carbocycles. The maximum absolute atomic E-state index is 14.3. The van der Waals surface area contributed by atoms with E-state index in [1.807, 2.05) is 0 Å². The summed E-state index contributed by atoms with van der Waals surface area (Å²) in [7, 11) is 1.42. The number of carbonyl (C=O) groups is 1. The highest BCUT2D eigenvalue weighted by Crippen LogP contribution is 2.36. The van der Waals surface area contributed by atoms with Gasteiger partial charge in [0.15, 0.2) is 0 Å². The van der Waals surface area contributed by atoms with Crippen LogP contribution in [-0.2, 0) is 6.18 Å². The Balaban J connectivity index is 1.79. The van der Waals surface area contributed by atoms with E-state index in [-0.39, 0.29) is 47.2 Å². The number of hydrogen-bond donors (Lipinski definition) is 2. The Labute approximate surface area is 204 Å². The summed E-state index contributed by atoms with van der Waals surface area (Å²) in [6.07, 6.45) is -4.71. The molecule has 0 amide bonds. The predicted octanol–water partition coefficient (Wildman–Crippen LogP) is 6.40. The smallest absolute Gasteiger partial charge is 0.416 e. The van der Waals surface area contributed by atoms with Gasteiger partial charge in [-0.25, -0.2) is 13.6 Å². The summed E-state index contributed by atoms with van der Waals surface area (Å²) >= 11 is 0. The van der Waals surface area contributed by atoms with Gasteiger partial charge in [0, 0.05) is 18.7 Å². The summed E-state index contributed by atoms with van der Waals surface area (Å²) in [6.45, 7) is 3.24. The summed E-state index contributed by atoms with van der Waals surface area (Å²) in [4.78, 5) is 11.4. The van der Waals surface area contributed by atoms with Crippen LogP contribution in [0, 0.1) is 18.6 Å². The van der Waals surface area contributed by atoms with Gasteiger partial charge in [-0.1, -0.05) is 0 Å². The molecule has 192 valence electrons. The van der Waals surface area contributed by atoms with E-state index < -0.39 is 29.3 Å². The highest BCUT2D eigenvalue weighted by Gasteiger charge is 2.32. The Bertz CT molecular complexity index is 1260. The number of ether oxygens (including phenoxy) is 2. The molecule has 0 fully saturated rings. The van der Waals surface area contributed by atoms with Crippen LogP contribution in [0.5, 0.6) is 11.5 Å². The molecule has 0 aliphatic rings. The molecule has 10 heteroatoms. The topological polar surface area (TPSA) is 67.8 Å². The third kappa shape index (κ3) is 6.51. The van der Waals surface area contributed by atoms with E-state index >= 15 is 0 Å². The molecule has 0 spiro atoms. The second kappa shape index (κ2) is 10.9. The minimum absolute atomic E-state index is 0.0276. The van der Waals surface area contributed by atoms with E-state index in [4.69, 9.17) is 9.47 Å². The van der Waals surface area contributed by atoms with Gasteiger partial charge in [0.1, 0.15) is 29.7 Å². The van der Waals surface area contributed by atoms with Crippen molar-refractivity contribution in [3.8, 4) is 22.6 Å². The lowest BCUT2D eigenvalue weighted by Crippen LogP contribution is -2.24. The lowest BCUT2D eigenvalue weighted by molar-refractivity contribution is -0.137. The first kappa shape index (κ1) is 26.9. The molecule has 3 aromatic rings. The maximum Gasteiger partial charge on any atom is 0.416 e. The van der Waals surface area contributed by atoms with Crippen LogP contribution < -0.4 is 14.8 Å². The number of nitrogens with one attached hydrogen (secondary N) is 1. The Kier molecular flexibility index (Phi) is 8.19. The van der Waals surface area contributed by atoms with E-state index in [2.05, 4.69) is 5.32 Å². The molecule has 1 atom stereocenters. The standard InChI is InChI=1S/C26H24F5NO4/c1-14-23(25(33)34)10-18(11-24(14)28)17-6-19(26(29,30)31)12-22(9-17)36-5-4-32-15(2)16-7-20(27)13-21(8-16)35-3/h6-13,15,32H,4-5H2,1-3H3,(H,33,34). The second-order valence-corrected chi connectivity index (χ2v) is 8.13. The molecular formula is C26H24F5NO4. The van der Waals surface area contributed by atoms with Gasteiger partial charge < -0.3 is 19.9 Å². The molecule has 1 unspecified atom stereocenters.